The third kappa shape index (κ3) is 1.71. The molecule has 0 aromatic heterocycles. The van der Waals surface area contributed by atoms with E-state index in [-0.39, 0.29) is 11.9 Å². The molecule has 2 aromatic rings. The van der Waals surface area contributed by atoms with Crippen molar-refractivity contribution in [3.63, 3.8) is 0 Å². The maximum atomic E-state index is 11.7. The number of urea groups is 1. The average molecular weight is 269 g/mol. The number of carbonyl (C=O) groups excluding carboxylic acids is 1. The van der Waals surface area contributed by atoms with Gasteiger partial charge in [0.25, 0.3) is 0 Å². The van der Waals surface area contributed by atoms with Crippen LogP contribution in [0.1, 0.15) is 11.6 Å². The minimum Gasteiger partial charge on any atom is -0.496 e. The topological polar surface area (TPSA) is 65.4 Å². The third-order valence-electron chi connectivity index (χ3n) is 3.65. The van der Waals surface area contributed by atoms with Gasteiger partial charge in [0, 0.05) is 12.6 Å². The van der Waals surface area contributed by atoms with E-state index < -0.39 is 6.04 Å². The van der Waals surface area contributed by atoms with Crippen molar-refractivity contribution in [3.05, 3.63) is 42.0 Å². The van der Waals surface area contributed by atoms with E-state index in [2.05, 4.69) is 5.32 Å². The first-order chi connectivity index (χ1) is 9.63. The van der Waals surface area contributed by atoms with Gasteiger partial charge in [0.05, 0.1) is 7.11 Å². The van der Waals surface area contributed by atoms with Crippen molar-refractivity contribution in [1.82, 2.24) is 10.2 Å². The lowest BCUT2D eigenvalue weighted by molar-refractivity contribution is 0.217. The van der Waals surface area contributed by atoms with Crippen LogP contribution in [0.2, 0.25) is 0 Å². The molecule has 2 amide bonds. The highest BCUT2D eigenvalue weighted by atomic mass is 16.5. The average Bonchev–Trinajstić information content (AvgIpc) is 2.71. The Morgan fingerprint density at radius 3 is 2.65 bits per heavy atom. The summed E-state index contributed by atoms with van der Waals surface area (Å²) < 4.78 is 5.44. The summed E-state index contributed by atoms with van der Waals surface area (Å²) in [5, 5.41) is 12.6. The Kier molecular flexibility index (Phi) is 2.82. The molecule has 1 aliphatic rings. The highest BCUT2D eigenvalue weighted by Gasteiger charge is 2.36. The molecule has 1 saturated heterocycles. The molecule has 1 aliphatic heterocycles. The predicted molar refractivity (Wildman–Crippen MR) is 77.3 cm³/mol. The zero-order chi connectivity index (χ0) is 14.3. The Morgan fingerprint density at radius 1 is 1.25 bits per heavy atom. The number of fused-ring (bicyclic) bond motifs is 1. The number of rotatable bonds is 2. The Morgan fingerprint density at radius 2 is 2.00 bits per heavy atom. The van der Waals surface area contributed by atoms with E-state index in [1.807, 2.05) is 36.4 Å². The fraction of sp³-hybridized carbons (Fsp3) is 0.200. The van der Waals surface area contributed by atoms with E-state index in [1.54, 1.807) is 14.2 Å². The standard InChI is InChI=1S/C15H15N3O2/c1-18-13(14(16)17-15(18)19)12-10-6-4-3-5-9(10)7-8-11(12)20-2/h3-8,13H,1-2H3,(H2,16,17,19). The van der Waals surface area contributed by atoms with Gasteiger partial charge >= 0.3 is 6.03 Å². The highest BCUT2D eigenvalue weighted by molar-refractivity contribution is 6.08. The molecule has 0 radical (unpaired) electrons. The van der Waals surface area contributed by atoms with Crippen molar-refractivity contribution >= 4 is 22.6 Å². The maximum Gasteiger partial charge on any atom is 0.323 e. The van der Waals surface area contributed by atoms with Crippen molar-refractivity contribution in [2.75, 3.05) is 14.2 Å². The van der Waals surface area contributed by atoms with Gasteiger partial charge in [-0.1, -0.05) is 30.3 Å². The molecular weight excluding hydrogens is 254 g/mol. The summed E-state index contributed by atoms with van der Waals surface area (Å²) in [6, 6.07) is 11.0. The lowest BCUT2D eigenvalue weighted by atomic mass is 9.96. The summed E-state index contributed by atoms with van der Waals surface area (Å²) in [5.41, 5.74) is 0.844. The van der Waals surface area contributed by atoms with Crippen LogP contribution in [0.3, 0.4) is 0 Å². The molecule has 1 atom stereocenters. The number of nitrogens with zero attached hydrogens (tertiary/aromatic N) is 1. The minimum absolute atomic E-state index is 0.173. The highest BCUT2D eigenvalue weighted by Crippen LogP contribution is 2.37. The second-order valence-corrected chi connectivity index (χ2v) is 4.76. The largest absolute Gasteiger partial charge is 0.496 e. The van der Waals surface area contributed by atoms with E-state index in [4.69, 9.17) is 10.1 Å². The summed E-state index contributed by atoms with van der Waals surface area (Å²) in [7, 11) is 3.28. The van der Waals surface area contributed by atoms with Crippen LogP contribution < -0.4 is 10.1 Å². The van der Waals surface area contributed by atoms with Crippen molar-refractivity contribution in [2.45, 2.75) is 6.04 Å². The molecule has 1 fully saturated rings. The number of hydrogen-bond acceptors (Lipinski definition) is 3. The zero-order valence-electron chi connectivity index (χ0n) is 11.3. The summed E-state index contributed by atoms with van der Waals surface area (Å²) >= 11 is 0. The number of amides is 2. The van der Waals surface area contributed by atoms with Crippen molar-refractivity contribution in [3.8, 4) is 5.75 Å². The fourth-order valence-electron chi connectivity index (χ4n) is 2.66. The van der Waals surface area contributed by atoms with Crippen LogP contribution in [-0.2, 0) is 0 Å². The van der Waals surface area contributed by atoms with E-state index in [1.165, 1.54) is 4.90 Å². The number of carbonyl (C=O) groups is 1. The number of likely N-dealkylation sites (N-methyl/N-ethyl adjacent to an activating group) is 1. The number of nitrogens with one attached hydrogen (secondary N) is 2. The van der Waals surface area contributed by atoms with E-state index in [9.17, 15) is 4.79 Å². The summed E-state index contributed by atoms with van der Waals surface area (Å²) in [5.74, 6) is 0.856. The SMILES string of the molecule is COc1ccc2ccccc2c1C1C(=N)NC(=O)N1C. The first-order valence-corrected chi connectivity index (χ1v) is 6.31. The molecular formula is C15H15N3O2. The van der Waals surface area contributed by atoms with Crippen molar-refractivity contribution in [2.24, 2.45) is 0 Å². The molecule has 0 aliphatic carbocycles. The van der Waals surface area contributed by atoms with E-state index >= 15 is 0 Å². The zero-order valence-corrected chi connectivity index (χ0v) is 11.3. The van der Waals surface area contributed by atoms with Gasteiger partial charge < -0.3 is 9.64 Å². The monoisotopic (exact) mass is 269 g/mol. The number of hydrogen-bond donors (Lipinski definition) is 2. The van der Waals surface area contributed by atoms with Crippen molar-refractivity contribution < 1.29 is 9.53 Å². The molecule has 2 aromatic carbocycles. The third-order valence-corrected chi connectivity index (χ3v) is 3.65. The molecule has 0 saturated carbocycles. The van der Waals surface area contributed by atoms with Gasteiger partial charge in [-0.05, 0) is 16.8 Å². The van der Waals surface area contributed by atoms with Crippen LogP contribution in [0.25, 0.3) is 10.8 Å². The van der Waals surface area contributed by atoms with Crippen LogP contribution in [0.5, 0.6) is 5.75 Å². The summed E-state index contributed by atoms with van der Waals surface area (Å²) in [4.78, 5) is 13.3. The normalized spacial score (nSPS) is 18.5. The smallest absolute Gasteiger partial charge is 0.323 e. The number of methoxy groups -OCH3 is 1. The lowest BCUT2D eigenvalue weighted by Crippen LogP contribution is -2.25. The maximum absolute atomic E-state index is 11.7. The Labute approximate surface area is 116 Å². The predicted octanol–water partition coefficient (Wildman–Crippen LogP) is 2.52. The van der Waals surface area contributed by atoms with Gasteiger partial charge in [-0.25, -0.2) is 4.79 Å². The molecule has 1 unspecified atom stereocenters. The second kappa shape index (κ2) is 4.52. The molecule has 5 heteroatoms. The molecule has 5 nitrogen and oxygen atoms in total. The first-order valence-electron chi connectivity index (χ1n) is 6.31. The summed E-state index contributed by atoms with van der Waals surface area (Å²) in [6.07, 6.45) is 0. The lowest BCUT2D eigenvalue weighted by Gasteiger charge is -2.22. The Balaban J connectivity index is 2.28. The van der Waals surface area contributed by atoms with Gasteiger partial charge in [0.2, 0.25) is 0 Å². The molecule has 1 heterocycles. The molecule has 102 valence electrons. The van der Waals surface area contributed by atoms with Gasteiger partial charge in [-0.3, -0.25) is 10.7 Å². The minimum atomic E-state index is -0.441. The molecule has 0 spiro atoms. The Bertz CT molecular complexity index is 711. The van der Waals surface area contributed by atoms with E-state index in [0.29, 0.717) is 5.75 Å². The molecule has 2 N–H and O–H groups in total. The van der Waals surface area contributed by atoms with Gasteiger partial charge in [-0.2, -0.15) is 0 Å². The summed E-state index contributed by atoms with van der Waals surface area (Å²) in [6.45, 7) is 0. The second-order valence-electron chi connectivity index (χ2n) is 4.76. The van der Waals surface area contributed by atoms with Crippen LogP contribution in [-0.4, -0.2) is 30.9 Å². The van der Waals surface area contributed by atoms with Gasteiger partial charge in [0.15, 0.2) is 0 Å². The van der Waals surface area contributed by atoms with Crippen LogP contribution >= 0.6 is 0 Å². The van der Waals surface area contributed by atoms with Gasteiger partial charge in [-0.15, -0.1) is 0 Å². The molecule has 0 bridgehead atoms. The van der Waals surface area contributed by atoms with Crippen LogP contribution in [0.15, 0.2) is 36.4 Å². The van der Waals surface area contributed by atoms with Gasteiger partial charge in [0.1, 0.15) is 17.6 Å². The van der Waals surface area contributed by atoms with Crippen LogP contribution in [0, 0.1) is 5.41 Å². The quantitative estimate of drug-likeness (QED) is 0.879. The molecule has 20 heavy (non-hydrogen) atoms. The van der Waals surface area contributed by atoms with E-state index in [0.717, 1.165) is 16.3 Å². The first kappa shape index (κ1) is 12.5. The number of benzene rings is 2. The number of ether oxygens (including phenoxy) is 1. The number of amidine groups is 1. The molecule has 3 rings (SSSR count). The van der Waals surface area contributed by atoms with Crippen LogP contribution in [0.4, 0.5) is 4.79 Å². The Hall–Kier alpha value is -2.56. The van der Waals surface area contributed by atoms with Crippen molar-refractivity contribution in [1.29, 1.82) is 5.41 Å². The fourth-order valence-corrected chi connectivity index (χ4v) is 2.66.